The molecule has 1 unspecified atom stereocenters. The van der Waals surface area contributed by atoms with E-state index in [9.17, 15) is 14.5 Å². The van der Waals surface area contributed by atoms with Gasteiger partial charge in [-0.25, -0.2) is 13.8 Å². The fourth-order valence-electron chi connectivity index (χ4n) is 4.00. The van der Waals surface area contributed by atoms with Crippen molar-refractivity contribution >= 4 is 37.1 Å². The largest absolute Gasteiger partial charge is 0.468 e. The van der Waals surface area contributed by atoms with Gasteiger partial charge in [-0.3, -0.25) is 13.9 Å². The topological polar surface area (TPSA) is 176 Å². The van der Waals surface area contributed by atoms with Crippen LogP contribution in [0.5, 0.6) is 5.75 Å². The quantitative estimate of drug-likeness (QED) is 0.183. The second kappa shape index (κ2) is 11.0. The van der Waals surface area contributed by atoms with Crippen LogP contribution in [0.1, 0.15) is 20.1 Å². The average molecular weight is 571 g/mol. The molecule has 0 bridgehead atoms. The van der Waals surface area contributed by atoms with E-state index in [4.69, 9.17) is 19.8 Å². The van der Waals surface area contributed by atoms with Crippen molar-refractivity contribution in [2.75, 3.05) is 31.8 Å². The molecule has 4 N–H and O–H groups in total. The minimum atomic E-state index is -3.54. The van der Waals surface area contributed by atoms with Crippen LogP contribution in [-0.4, -0.2) is 79.9 Å². The van der Waals surface area contributed by atoms with Crippen molar-refractivity contribution in [2.24, 2.45) is 0 Å². The lowest BCUT2D eigenvalue weighted by Crippen LogP contribution is -2.47. The zero-order chi connectivity index (χ0) is 28.5. The van der Waals surface area contributed by atoms with E-state index in [-0.39, 0.29) is 28.7 Å². The number of alkyl halides is 2. The summed E-state index contributed by atoms with van der Waals surface area (Å²) in [6, 6.07) is 6.78. The number of aromatic nitrogens is 4. The summed E-state index contributed by atoms with van der Waals surface area (Å²) < 4.78 is 61.1. The van der Waals surface area contributed by atoms with Crippen molar-refractivity contribution in [2.45, 2.75) is 43.7 Å². The van der Waals surface area contributed by atoms with E-state index in [1.54, 1.807) is 25.2 Å². The number of aliphatic hydroxyl groups excluding tert-OH is 1. The van der Waals surface area contributed by atoms with Gasteiger partial charge in [-0.1, -0.05) is 23.0 Å². The Balaban J connectivity index is 1.57. The lowest BCUT2D eigenvalue weighted by atomic mass is 9.97. The Morgan fingerprint density at radius 1 is 1.36 bits per heavy atom. The number of benzene rings is 1. The first kappa shape index (κ1) is 28.6. The maximum Gasteiger partial charge on any atom is 0.326 e. The molecule has 39 heavy (non-hydrogen) atoms. The molecule has 17 heteroatoms. The van der Waals surface area contributed by atoms with Crippen LogP contribution >= 0.6 is 8.18 Å². The number of nitrogens with one attached hydrogen (secondary N) is 1. The van der Waals surface area contributed by atoms with E-state index < -0.39 is 50.7 Å². The van der Waals surface area contributed by atoms with Crippen LogP contribution in [0.3, 0.4) is 0 Å². The third-order valence-corrected chi connectivity index (χ3v) is 7.30. The number of anilines is 2. The van der Waals surface area contributed by atoms with Gasteiger partial charge < -0.3 is 35.0 Å². The highest BCUT2D eigenvalue weighted by Gasteiger charge is 2.65. The second-order valence-corrected chi connectivity index (χ2v) is 10.1. The number of carbonyl (C=O) groups is 1. The standard InChI is InChI=1S/C22H28F2N7O7P/c1-12(17(32)35-4)31(38-13-8-6-5-7-9-13)39(34)36-10-22(24)18(33)21(2,23)19(37-22)30-11-27-14-15(26-3)28-20(25)29-16(14)30/h5-9,11-12,18-19,33,39H,10H2,1-4H3,(H3,25,26,28,29)/t12-,18-,19+,21+,22+/m0/s1. The summed E-state index contributed by atoms with van der Waals surface area (Å²) in [7, 11) is -0.856. The number of esters is 1. The number of ether oxygens (including phenoxy) is 2. The smallest absolute Gasteiger partial charge is 0.326 e. The van der Waals surface area contributed by atoms with Crippen LogP contribution in [0.25, 0.3) is 11.2 Å². The lowest BCUT2D eigenvalue weighted by molar-refractivity contribution is -0.203. The first-order valence-electron chi connectivity index (χ1n) is 11.6. The lowest BCUT2D eigenvalue weighted by Gasteiger charge is -2.28. The Morgan fingerprint density at radius 3 is 2.69 bits per heavy atom. The zero-order valence-electron chi connectivity index (χ0n) is 21.4. The van der Waals surface area contributed by atoms with Crippen molar-refractivity contribution in [1.82, 2.24) is 24.4 Å². The van der Waals surface area contributed by atoms with Crippen molar-refractivity contribution in [3.8, 4) is 5.75 Å². The van der Waals surface area contributed by atoms with Gasteiger partial charge in [0.15, 0.2) is 35.0 Å². The summed E-state index contributed by atoms with van der Waals surface area (Å²) in [6.45, 7) is 1.07. The number of hydrogen-bond acceptors (Lipinski definition) is 12. The number of halogens is 2. The average Bonchev–Trinajstić information content (AvgIpc) is 3.42. The number of hydrogen-bond donors (Lipinski definition) is 3. The minimum absolute atomic E-state index is 0.0148. The molecule has 0 radical (unpaired) electrons. The minimum Gasteiger partial charge on any atom is -0.468 e. The number of nitrogens with two attached hydrogens (primary N) is 1. The van der Waals surface area contributed by atoms with Crippen LogP contribution < -0.4 is 15.9 Å². The third kappa shape index (κ3) is 5.38. The van der Waals surface area contributed by atoms with Gasteiger partial charge in [-0.05, 0) is 26.0 Å². The summed E-state index contributed by atoms with van der Waals surface area (Å²) >= 11 is 0. The Kier molecular flexibility index (Phi) is 8.04. The molecule has 3 heterocycles. The van der Waals surface area contributed by atoms with Gasteiger partial charge in [-0.2, -0.15) is 9.97 Å². The zero-order valence-corrected chi connectivity index (χ0v) is 22.4. The van der Waals surface area contributed by atoms with Gasteiger partial charge in [0.1, 0.15) is 18.4 Å². The van der Waals surface area contributed by atoms with Crippen molar-refractivity contribution < 1.29 is 42.1 Å². The molecule has 0 amide bonds. The molecule has 3 aromatic rings. The number of carbonyl (C=O) groups excluding carboxylic acids is 1. The number of nitrogen functional groups attached to an aromatic ring is 1. The van der Waals surface area contributed by atoms with E-state index in [2.05, 4.69) is 25.0 Å². The normalized spacial score (nSPS) is 26.5. The van der Waals surface area contributed by atoms with E-state index in [0.717, 1.165) is 24.9 Å². The SMILES string of the molecule is CNc1nc(N)nc2c1ncn2[C@@H]1O[C@](F)(CO[PH](=O)N(Oc2ccccc2)[C@@H](C)C(=O)OC)[C@@H](O)[C@@]1(C)F. The van der Waals surface area contributed by atoms with E-state index in [1.807, 2.05) is 0 Å². The molecule has 14 nitrogen and oxygen atoms in total. The van der Waals surface area contributed by atoms with E-state index in [1.165, 1.54) is 19.1 Å². The molecule has 0 saturated carbocycles. The molecule has 1 fully saturated rings. The Hall–Kier alpha value is -3.43. The molecule has 1 aromatic carbocycles. The van der Waals surface area contributed by atoms with Gasteiger partial charge in [0.2, 0.25) is 5.95 Å². The first-order chi connectivity index (χ1) is 18.4. The van der Waals surface area contributed by atoms with Crippen LogP contribution in [0.2, 0.25) is 0 Å². The van der Waals surface area contributed by atoms with Gasteiger partial charge in [0.25, 0.3) is 14.0 Å². The molecule has 6 atom stereocenters. The molecular weight excluding hydrogens is 543 g/mol. The fourth-order valence-corrected chi connectivity index (χ4v) is 5.05. The first-order valence-corrected chi connectivity index (χ1v) is 12.9. The van der Waals surface area contributed by atoms with Crippen LogP contribution in [-0.2, 0) is 23.4 Å². The van der Waals surface area contributed by atoms with Gasteiger partial charge in [0.05, 0.1) is 13.4 Å². The summed E-state index contributed by atoms with van der Waals surface area (Å²) in [6.07, 6.45) is -3.04. The highest BCUT2D eigenvalue weighted by molar-refractivity contribution is 7.36. The molecule has 212 valence electrons. The molecule has 4 rings (SSSR count). The number of imidazole rings is 1. The van der Waals surface area contributed by atoms with Crippen molar-refractivity contribution in [1.29, 1.82) is 0 Å². The summed E-state index contributed by atoms with van der Waals surface area (Å²) in [5.41, 5.74) is 3.21. The summed E-state index contributed by atoms with van der Waals surface area (Å²) in [5.74, 6) is -3.72. The van der Waals surface area contributed by atoms with E-state index in [0.29, 0.717) is 4.83 Å². The van der Waals surface area contributed by atoms with Gasteiger partial charge >= 0.3 is 5.97 Å². The van der Waals surface area contributed by atoms with Crippen LogP contribution in [0, 0.1) is 0 Å². The molecule has 1 aliphatic rings. The molecule has 1 aliphatic heterocycles. The molecule has 0 spiro atoms. The molecular formula is C22H28F2N7O7P. The number of methoxy groups -OCH3 is 1. The summed E-state index contributed by atoms with van der Waals surface area (Å²) in [5, 5.41) is 13.4. The third-order valence-electron chi connectivity index (χ3n) is 6.07. The maximum atomic E-state index is 15.9. The number of rotatable bonds is 10. The van der Waals surface area contributed by atoms with Gasteiger partial charge in [-0.15, -0.1) is 0 Å². The van der Waals surface area contributed by atoms with Crippen LogP contribution in [0.4, 0.5) is 20.5 Å². The maximum absolute atomic E-state index is 15.9. The second-order valence-electron chi connectivity index (χ2n) is 8.80. The number of nitrogens with zero attached hydrogens (tertiary/aromatic N) is 5. The molecule has 1 saturated heterocycles. The summed E-state index contributed by atoms with van der Waals surface area (Å²) in [4.78, 5) is 30.5. The Morgan fingerprint density at radius 2 is 2.05 bits per heavy atom. The monoisotopic (exact) mass is 571 g/mol. The van der Waals surface area contributed by atoms with Crippen LogP contribution in [0.15, 0.2) is 36.7 Å². The number of fused-ring (bicyclic) bond motifs is 1. The Labute approximate surface area is 221 Å². The van der Waals surface area contributed by atoms with Crippen molar-refractivity contribution in [3.05, 3.63) is 36.7 Å². The highest BCUT2D eigenvalue weighted by atomic mass is 31.1. The predicted molar refractivity (Wildman–Crippen MR) is 134 cm³/mol. The molecule has 2 aromatic heterocycles. The Bertz CT molecular complexity index is 1370. The van der Waals surface area contributed by atoms with E-state index >= 15 is 8.78 Å². The van der Waals surface area contributed by atoms with Gasteiger partial charge in [0, 0.05) is 7.05 Å². The highest BCUT2D eigenvalue weighted by Crippen LogP contribution is 2.49. The number of aliphatic hydroxyl groups is 1. The fraction of sp³-hybridized carbons (Fsp3) is 0.455. The van der Waals surface area contributed by atoms with Crippen molar-refractivity contribution in [3.63, 3.8) is 0 Å². The number of hydroxylamine groups is 1. The predicted octanol–water partition coefficient (Wildman–Crippen LogP) is 2.00. The number of para-hydroxylation sites is 1. The molecule has 0 aliphatic carbocycles.